The number of ether oxygens (including phenoxy) is 3. The summed E-state index contributed by atoms with van der Waals surface area (Å²) < 4.78 is 16.7. The van der Waals surface area contributed by atoms with Gasteiger partial charge in [0.05, 0.1) is 18.7 Å². The van der Waals surface area contributed by atoms with Gasteiger partial charge in [-0.2, -0.15) is 0 Å². The molecule has 0 saturated carbocycles. The lowest BCUT2D eigenvalue weighted by Gasteiger charge is -2.12. The number of carbonyl (C=O) groups excluding carboxylic acids is 1. The number of halogens is 1. The molecule has 4 nitrogen and oxygen atoms in total. The summed E-state index contributed by atoms with van der Waals surface area (Å²) in [6.45, 7) is -0.0436. The van der Waals surface area contributed by atoms with E-state index >= 15 is 0 Å². The molecule has 0 aliphatic carbocycles. The van der Waals surface area contributed by atoms with Gasteiger partial charge in [-0.25, -0.2) is 0 Å². The van der Waals surface area contributed by atoms with Crippen LogP contribution in [-0.2, 0) is 0 Å². The first-order valence-corrected chi connectivity index (χ1v) is 7.07. The van der Waals surface area contributed by atoms with E-state index in [1.54, 1.807) is 38.5 Å². The largest absolute Gasteiger partial charge is 0.493 e. The molecule has 0 aliphatic heterocycles. The fraction of sp³-hybridized carbons (Fsp3) is 0.188. The number of hydrogen-bond acceptors (Lipinski definition) is 4. The second-order valence-corrected chi connectivity index (χ2v) is 5.07. The fourth-order valence-corrected chi connectivity index (χ4v) is 2.23. The Bertz CT molecular complexity index is 626. The Balaban J connectivity index is 2.11. The Labute approximate surface area is 131 Å². The topological polar surface area (TPSA) is 44.8 Å². The SMILES string of the molecule is COc1cc(Br)c(OCC(=O)c2ccccc2)cc1OC. The summed E-state index contributed by atoms with van der Waals surface area (Å²) in [5.74, 6) is 1.57. The van der Waals surface area contributed by atoms with Gasteiger partial charge in [0.15, 0.2) is 23.9 Å². The van der Waals surface area contributed by atoms with E-state index in [2.05, 4.69) is 15.9 Å². The lowest BCUT2D eigenvalue weighted by molar-refractivity contribution is 0.0920. The van der Waals surface area contributed by atoms with E-state index in [4.69, 9.17) is 14.2 Å². The van der Waals surface area contributed by atoms with E-state index in [-0.39, 0.29) is 12.4 Å². The van der Waals surface area contributed by atoms with Crippen molar-refractivity contribution in [2.45, 2.75) is 0 Å². The maximum absolute atomic E-state index is 12.0. The minimum atomic E-state index is -0.0858. The Hall–Kier alpha value is -2.01. The lowest BCUT2D eigenvalue weighted by Crippen LogP contribution is -2.11. The Morgan fingerprint density at radius 3 is 2.24 bits per heavy atom. The maximum Gasteiger partial charge on any atom is 0.200 e. The summed E-state index contributed by atoms with van der Waals surface area (Å²) in [6, 6.07) is 12.4. The first-order valence-electron chi connectivity index (χ1n) is 6.28. The van der Waals surface area contributed by atoms with E-state index in [0.717, 1.165) is 0 Å². The number of carbonyl (C=O) groups is 1. The zero-order valence-corrected chi connectivity index (χ0v) is 13.3. The summed E-state index contributed by atoms with van der Waals surface area (Å²) in [7, 11) is 3.11. The average molecular weight is 351 g/mol. The van der Waals surface area contributed by atoms with Crippen LogP contribution in [-0.4, -0.2) is 26.6 Å². The third-order valence-electron chi connectivity index (χ3n) is 2.89. The number of Topliss-reactive ketones (excluding diaryl/α,β-unsaturated/α-hetero) is 1. The van der Waals surface area contributed by atoms with Crippen LogP contribution < -0.4 is 14.2 Å². The van der Waals surface area contributed by atoms with Crippen molar-refractivity contribution in [1.29, 1.82) is 0 Å². The van der Waals surface area contributed by atoms with Crippen LogP contribution in [0.5, 0.6) is 17.2 Å². The van der Waals surface area contributed by atoms with Crippen LogP contribution in [0.4, 0.5) is 0 Å². The summed E-state index contributed by atoms with van der Waals surface area (Å²) in [4.78, 5) is 12.0. The predicted octanol–water partition coefficient (Wildman–Crippen LogP) is 3.73. The van der Waals surface area contributed by atoms with Gasteiger partial charge in [0.2, 0.25) is 0 Å². The van der Waals surface area contributed by atoms with Crippen LogP contribution >= 0.6 is 15.9 Å². The zero-order chi connectivity index (χ0) is 15.2. The van der Waals surface area contributed by atoms with Crippen molar-refractivity contribution in [3.63, 3.8) is 0 Å². The van der Waals surface area contributed by atoms with E-state index in [1.807, 2.05) is 18.2 Å². The molecule has 21 heavy (non-hydrogen) atoms. The second kappa shape index (κ2) is 7.13. The molecule has 0 spiro atoms. The molecule has 0 radical (unpaired) electrons. The van der Waals surface area contributed by atoms with E-state index in [1.165, 1.54) is 0 Å². The third-order valence-corrected chi connectivity index (χ3v) is 3.51. The molecule has 0 bridgehead atoms. The van der Waals surface area contributed by atoms with Crippen LogP contribution in [0.25, 0.3) is 0 Å². The molecule has 0 aromatic heterocycles. The summed E-state index contributed by atoms with van der Waals surface area (Å²) in [5, 5.41) is 0. The van der Waals surface area contributed by atoms with Crippen molar-refractivity contribution in [2.24, 2.45) is 0 Å². The summed E-state index contributed by atoms with van der Waals surface area (Å²) in [6.07, 6.45) is 0. The summed E-state index contributed by atoms with van der Waals surface area (Å²) in [5.41, 5.74) is 0.620. The quantitative estimate of drug-likeness (QED) is 0.744. The normalized spacial score (nSPS) is 10.0. The van der Waals surface area contributed by atoms with Crippen LogP contribution in [0.3, 0.4) is 0 Å². The first-order chi connectivity index (χ1) is 10.2. The number of hydrogen-bond donors (Lipinski definition) is 0. The van der Waals surface area contributed by atoms with Gasteiger partial charge in [-0.15, -0.1) is 0 Å². The second-order valence-electron chi connectivity index (χ2n) is 4.22. The molecule has 0 atom stereocenters. The standard InChI is InChI=1S/C16H15BrO4/c1-19-15-8-12(17)14(9-16(15)20-2)21-10-13(18)11-6-4-3-5-7-11/h3-9H,10H2,1-2H3. The minimum absolute atomic E-state index is 0.0436. The first kappa shape index (κ1) is 15.4. The van der Waals surface area contributed by atoms with Crippen LogP contribution in [0.2, 0.25) is 0 Å². The molecule has 2 aromatic carbocycles. The van der Waals surface area contributed by atoms with Crippen LogP contribution in [0.1, 0.15) is 10.4 Å². The molecular formula is C16H15BrO4. The molecule has 0 amide bonds. The highest BCUT2D eigenvalue weighted by molar-refractivity contribution is 9.10. The predicted molar refractivity (Wildman–Crippen MR) is 83.5 cm³/mol. The maximum atomic E-state index is 12.0. The van der Waals surface area contributed by atoms with Crippen LogP contribution in [0.15, 0.2) is 46.9 Å². The molecule has 2 rings (SSSR count). The monoisotopic (exact) mass is 350 g/mol. The van der Waals surface area contributed by atoms with Gasteiger partial charge in [-0.05, 0) is 15.9 Å². The van der Waals surface area contributed by atoms with Crippen molar-refractivity contribution in [3.8, 4) is 17.2 Å². The Morgan fingerprint density at radius 2 is 1.62 bits per heavy atom. The third kappa shape index (κ3) is 3.76. The van der Waals surface area contributed by atoms with Gasteiger partial charge in [0, 0.05) is 17.7 Å². The van der Waals surface area contributed by atoms with E-state index < -0.39 is 0 Å². The molecule has 0 heterocycles. The molecule has 2 aromatic rings. The number of rotatable bonds is 6. The van der Waals surface area contributed by atoms with Crippen molar-refractivity contribution < 1.29 is 19.0 Å². The Morgan fingerprint density at radius 1 is 1.00 bits per heavy atom. The van der Waals surface area contributed by atoms with Gasteiger partial charge >= 0.3 is 0 Å². The van der Waals surface area contributed by atoms with E-state index in [9.17, 15) is 4.79 Å². The zero-order valence-electron chi connectivity index (χ0n) is 11.8. The molecule has 0 fully saturated rings. The summed E-state index contributed by atoms with van der Waals surface area (Å²) >= 11 is 3.39. The molecule has 0 saturated heterocycles. The van der Waals surface area contributed by atoms with Crippen LogP contribution in [0, 0.1) is 0 Å². The van der Waals surface area contributed by atoms with Crippen molar-refractivity contribution in [2.75, 3.05) is 20.8 Å². The van der Waals surface area contributed by atoms with Gasteiger partial charge in [0.1, 0.15) is 5.75 Å². The fourth-order valence-electron chi connectivity index (χ4n) is 1.80. The van der Waals surface area contributed by atoms with Gasteiger partial charge in [0.25, 0.3) is 0 Å². The lowest BCUT2D eigenvalue weighted by atomic mass is 10.1. The highest BCUT2D eigenvalue weighted by Gasteiger charge is 2.12. The highest BCUT2D eigenvalue weighted by atomic mass is 79.9. The number of ketones is 1. The molecular weight excluding hydrogens is 336 g/mol. The number of methoxy groups -OCH3 is 2. The van der Waals surface area contributed by atoms with Crippen molar-refractivity contribution >= 4 is 21.7 Å². The molecule has 0 aliphatic rings. The van der Waals surface area contributed by atoms with Gasteiger partial charge in [-0.1, -0.05) is 30.3 Å². The average Bonchev–Trinajstić information content (AvgIpc) is 2.53. The van der Waals surface area contributed by atoms with Gasteiger partial charge < -0.3 is 14.2 Å². The number of benzene rings is 2. The minimum Gasteiger partial charge on any atom is -0.493 e. The molecule has 5 heteroatoms. The molecule has 110 valence electrons. The van der Waals surface area contributed by atoms with Crippen molar-refractivity contribution in [3.05, 3.63) is 52.5 Å². The highest BCUT2D eigenvalue weighted by Crippen LogP contribution is 2.37. The smallest absolute Gasteiger partial charge is 0.200 e. The Kier molecular flexibility index (Phi) is 5.22. The van der Waals surface area contributed by atoms with E-state index in [0.29, 0.717) is 27.3 Å². The molecule has 0 unspecified atom stereocenters. The van der Waals surface area contributed by atoms with Gasteiger partial charge in [-0.3, -0.25) is 4.79 Å². The van der Waals surface area contributed by atoms with Crippen molar-refractivity contribution in [1.82, 2.24) is 0 Å². The molecule has 0 N–H and O–H groups in total.